The fraction of sp³-hybridized carbons (Fsp3) is 0.500. The molecule has 0 spiro atoms. The van der Waals surface area contributed by atoms with E-state index in [1.54, 1.807) is 19.1 Å². The van der Waals surface area contributed by atoms with E-state index in [2.05, 4.69) is 18.8 Å². The summed E-state index contributed by atoms with van der Waals surface area (Å²) in [6.45, 7) is 5.87. The Labute approximate surface area is 96.3 Å². The van der Waals surface area contributed by atoms with Crippen LogP contribution in [-0.4, -0.2) is 23.2 Å². The van der Waals surface area contributed by atoms with Crippen molar-refractivity contribution in [3.05, 3.63) is 23.9 Å². The predicted octanol–water partition coefficient (Wildman–Crippen LogP) is 2.69. The van der Waals surface area contributed by atoms with Crippen molar-refractivity contribution in [2.45, 2.75) is 33.1 Å². The summed E-state index contributed by atoms with van der Waals surface area (Å²) in [5.41, 5.74) is 0.674. The molecule has 1 atom stereocenters. The zero-order valence-electron chi connectivity index (χ0n) is 10.2. The monoisotopic (exact) mass is 225 g/mol. The number of methoxy groups -OCH3 is 1. The molecule has 0 fully saturated rings. The van der Waals surface area contributed by atoms with Crippen LogP contribution in [0.5, 0.6) is 5.88 Å². The van der Waals surface area contributed by atoms with Gasteiger partial charge in [-0.05, 0) is 12.5 Å². The highest BCUT2D eigenvalue weighted by Gasteiger charge is 2.13. The van der Waals surface area contributed by atoms with E-state index in [-0.39, 0.29) is 0 Å². The first kappa shape index (κ1) is 14.4. The van der Waals surface area contributed by atoms with Crippen molar-refractivity contribution >= 4 is 5.97 Å². The normalized spacial score (nSPS) is 11.0. The van der Waals surface area contributed by atoms with Crippen LogP contribution in [0.25, 0.3) is 0 Å². The first-order chi connectivity index (χ1) is 7.56. The molecule has 4 heteroatoms. The number of carboxylic acid groups (broad SMARTS) is 1. The number of rotatable bonds is 3. The first-order valence-corrected chi connectivity index (χ1v) is 5.29. The second kappa shape index (κ2) is 7.68. The van der Waals surface area contributed by atoms with Crippen LogP contribution in [0.3, 0.4) is 0 Å². The number of carbonyl (C=O) groups is 1. The third-order valence-corrected chi connectivity index (χ3v) is 1.84. The Morgan fingerprint density at radius 3 is 2.38 bits per heavy atom. The van der Waals surface area contributed by atoms with E-state index in [1.165, 1.54) is 19.7 Å². The Morgan fingerprint density at radius 1 is 1.50 bits per heavy atom. The molecule has 1 rings (SSSR count). The highest BCUT2D eigenvalue weighted by atomic mass is 16.5. The summed E-state index contributed by atoms with van der Waals surface area (Å²) in [6, 6.07) is 3.35. The highest BCUT2D eigenvalue weighted by molar-refractivity contribution is 5.75. The van der Waals surface area contributed by atoms with Crippen molar-refractivity contribution in [3.63, 3.8) is 0 Å². The second-order valence-corrected chi connectivity index (χ2v) is 3.40. The maximum atomic E-state index is 10.6. The molecule has 0 radical (unpaired) electrons. The lowest BCUT2D eigenvalue weighted by atomic mass is 10.0. The Hall–Kier alpha value is -1.58. The van der Waals surface area contributed by atoms with Crippen molar-refractivity contribution in [2.75, 3.05) is 7.11 Å². The summed E-state index contributed by atoms with van der Waals surface area (Å²) in [5, 5.41) is 8.70. The van der Waals surface area contributed by atoms with Crippen molar-refractivity contribution in [3.8, 4) is 5.88 Å². The lowest BCUT2D eigenvalue weighted by Crippen LogP contribution is -2.07. The van der Waals surface area contributed by atoms with Gasteiger partial charge >= 0.3 is 5.97 Å². The minimum atomic E-state index is -0.855. The van der Waals surface area contributed by atoms with Crippen LogP contribution in [0.4, 0.5) is 0 Å². The quantitative estimate of drug-likeness (QED) is 0.859. The van der Waals surface area contributed by atoms with E-state index < -0.39 is 11.9 Å². The molecule has 0 aliphatic carbocycles. The molecule has 1 aromatic heterocycles. The Bertz CT molecular complexity index is 309. The van der Waals surface area contributed by atoms with Crippen LogP contribution in [0, 0.1) is 0 Å². The molecule has 1 heterocycles. The van der Waals surface area contributed by atoms with E-state index >= 15 is 0 Å². The van der Waals surface area contributed by atoms with Gasteiger partial charge in [0.25, 0.3) is 0 Å². The summed E-state index contributed by atoms with van der Waals surface area (Å²) in [7, 11) is 1.52. The second-order valence-electron chi connectivity index (χ2n) is 3.40. The van der Waals surface area contributed by atoms with Crippen LogP contribution in [0.15, 0.2) is 18.3 Å². The fourth-order valence-electron chi connectivity index (χ4n) is 0.911. The molecule has 0 saturated carbocycles. The average molecular weight is 225 g/mol. The lowest BCUT2D eigenvalue weighted by Gasteiger charge is -2.05. The molecule has 0 aliphatic rings. The summed E-state index contributed by atoms with van der Waals surface area (Å²) in [5.74, 6) is -0.897. The third-order valence-electron chi connectivity index (χ3n) is 1.84. The highest BCUT2D eigenvalue weighted by Crippen LogP contribution is 2.16. The minimum absolute atomic E-state index is 0.487. The lowest BCUT2D eigenvalue weighted by molar-refractivity contribution is -0.138. The van der Waals surface area contributed by atoms with E-state index in [0.29, 0.717) is 11.4 Å². The van der Waals surface area contributed by atoms with Crippen molar-refractivity contribution in [1.29, 1.82) is 0 Å². The number of hydrogen-bond donors (Lipinski definition) is 1. The van der Waals surface area contributed by atoms with E-state index in [1.807, 2.05) is 0 Å². The summed E-state index contributed by atoms with van der Waals surface area (Å²) < 4.78 is 4.85. The van der Waals surface area contributed by atoms with Gasteiger partial charge in [0.2, 0.25) is 5.88 Å². The van der Waals surface area contributed by atoms with E-state index in [0.717, 1.165) is 0 Å². The molecular formula is C12H19NO3. The van der Waals surface area contributed by atoms with Crippen LogP contribution in [-0.2, 0) is 4.79 Å². The largest absolute Gasteiger partial charge is 0.481 e. The molecule has 0 bridgehead atoms. The van der Waals surface area contributed by atoms with Gasteiger partial charge in [0, 0.05) is 12.3 Å². The zero-order valence-corrected chi connectivity index (χ0v) is 10.2. The molecule has 0 saturated heterocycles. The molecule has 16 heavy (non-hydrogen) atoms. The van der Waals surface area contributed by atoms with E-state index in [9.17, 15) is 4.79 Å². The van der Waals surface area contributed by atoms with Crippen LogP contribution >= 0.6 is 0 Å². The number of aliphatic carboxylic acids is 1. The number of hydrogen-bond acceptors (Lipinski definition) is 3. The van der Waals surface area contributed by atoms with Gasteiger partial charge in [0.1, 0.15) is 0 Å². The molecule has 1 aromatic rings. The SMILES string of the molecule is CCC.COc1ccc(C(C)C(=O)O)cn1. The smallest absolute Gasteiger partial charge is 0.310 e. The standard InChI is InChI=1S/C9H11NO3.C3H8/c1-6(9(11)12)7-3-4-8(13-2)10-5-7;1-3-2/h3-6H,1-2H3,(H,11,12);3H2,1-2H3. The number of nitrogens with zero attached hydrogens (tertiary/aromatic N) is 1. The number of carboxylic acids is 1. The zero-order chi connectivity index (χ0) is 12.6. The molecule has 0 aliphatic heterocycles. The average Bonchev–Trinajstić information content (AvgIpc) is 2.29. The molecule has 0 amide bonds. The fourth-order valence-corrected chi connectivity index (χ4v) is 0.911. The van der Waals surface area contributed by atoms with Gasteiger partial charge in [-0.1, -0.05) is 26.3 Å². The predicted molar refractivity (Wildman–Crippen MR) is 62.8 cm³/mol. The maximum absolute atomic E-state index is 10.6. The number of aromatic nitrogens is 1. The summed E-state index contributed by atoms with van der Waals surface area (Å²) in [6.07, 6.45) is 2.76. The molecular weight excluding hydrogens is 206 g/mol. The Balaban J connectivity index is 0.000000673. The molecule has 4 nitrogen and oxygen atoms in total. The molecule has 0 aromatic carbocycles. The van der Waals surface area contributed by atoms with Gasteiger partial charge in [0.15, 0.2) is 0 Å². The number of ether oxygens (including phenoxy) is 1. The van der Waals surface area contributed by atoms with Gasteiger partial charge in [-0.25, -0.2) is 4.98 Å². The van der Waals surface area contributed by atoms with Gasteiger partial charge in [-0.3, -0.25) is 4.79 Å². The van der Waals surface area contributed by atoms with Gasteiger partial charge in [-0.2, -0.15) is 0 Å². The van der Waals surface area contributed by atoms with Crippen LogP contribution < -0.4 is 4.74 Å². The summed E-state index contributed by atoms with van der Waals surface area (Å²) >= 11 is 0. The Morgan fingerprint density at radius 2 is 2.06 bits per heavy atom. The molecule has 90 valence electrons. The summed E-state index contributed by atoms with van der Waals surface area (Å²) in [4.78, 5) is 14.5. The molecule has 1 N–H and O–H groups in total. The number of pyridine rings is 1. The van der Waals surface area contributed by atoms with Crippen molar-refractivity contribution in [1.82, 2.24) is 4.98 Å². The minimum Gasteiger partial charge on any atom is -0.481 e. The maximum Gasteiger partial charge on any atom is 0.310 e. The van der Waals surface area contributed by atoms with Crippen LogP contribution in [0.1, 0.15) is 38.7 Å². The first-order valence-electron chi connectivity index (χ1n) is 5.29. The van der Waals surface area contributed by atoms with Crippen molar-refractivity contribution < 1.29 is 14.6 Å². The van der Waals surface area contributed by atoms with Crippen LogP contribution in [0.2, 0.25) is 0 Å². The van der Waals surface area contributed by atoms with Gasteiger partial charge in [-0.15, -0.1) is 0 Å². The van der Waals surface area contributed by atoms with Gasteiger partial charge in [0.05, 0.1) is 13.0 Å². The third kappa shape index (κ3) is 4.77. The Kier molecular flexibility index (Phi) is 6.92. The van der Waals surface area contributed by atoms with Gasteiger partial charge < -0.3 is 9.84 Å². The topological polar surface area (TPSA) is 59.4 Å². The molecule has 1 unspecified atom stereocenters. The van der Waals surface area contributed by atoms with Crippen molar-refractivity contribution in [2.24, 2.45) is 0 Å². The van der Waals surface area contributed by atoms with E-state index in [4.69, 9.17) is 9.84 Å².